The number of anilines is 1. The lowest BCUT2D eigenvalue weighted by atomic mass is 10.2. The summed E-state index contributed by atoms with van der Waals surface area (Å²) in [4.78, 5) is 18.6. The zero-order chi connectivity index (χ0) is 18.0. The first kappa shape index (κ1) is 17.4. The average molecular weight is 361 g/mol. The highest BCUT2D eigenvalue weighted by Crippen LogP contribution is 2.28. The molecule has 0 fully saturated rings. The summed E-state index contributed by atoms with van der Waals surface area (Å²) in [5.41, 5.74) is 1.03. The molecule has 0 bridgehead atoms. The molecule has 0 saturated carbocycles. The monoisotopic (exact) mass is 361 g/mol. The Kier molecular flexibility index (Phi) is 5.06. The fourth-order valence-corrected chi connectivity index (χ4v) is 3.53. The maximum atomic E-state index is 13.2. The first-order valence-electron chi connectivity index (χ1n) is 7.74. The van der Waals surface area contributed by atoms with Gasteiger partial charge in [0.25, 0.3) is 0 Å². The van der Waals surface area contributed by atoms with Crippen LogP contribution in [0.3, 0.4) is 0 Å². The van der Waals surface area contributed by atoms with Crippen molar-refractivity contribution in [3.05, 3.63) is 59.1 Å². The minimum absolute atomic E-state index is 0.0626. The molecular weight excluding hydrogens is 344 g/mol. The van der Waals surface area contributed by atoms with Crippen molar-refractivity contribution in [3.8, 4) is 0 Å². The van der Waals surface area contributed by atoms with Gasteiger partial charge in [-0.25, -0.2) is 13.8 Å². The number of benzene rings is 2. The number of hydrogen-bond acceptors (Lipinski definition) is 4. The van der Waals surface area contributed by atoms with Crippen molar-refractivity contribution in [2.45, 2.75) is 13.0 Å². The summed E-state index contributed by atoms with van der Waals surface area (Å²) in [7, 11) is 1.81. The smallest absolute Gasteiger partial charge is 0.238 e. The molecule has 0 aliphatic heterocycles. The largest absolute Gasteiger partial charge is 0.325 e. The van der Waals surface area contributed by atoms with Crippen LogP contribution in [-0.4, -0.2) is 29.4 Å². The number of nitrogens with one attached hydrogen (secondary N) is 1. The van der Waals surface area contributed by atoms with Crippen LogP contribution in [0.1, 0.15) is 18.0 Å². The van der Waals surface area contributed by atoms with E-state index < -0.39 is 11.6 Å². The minimum atomic E-state index is -0.730. The summed E-state index contributed by atoms with van der Waals surface area (Å²) < 4.78 is 27.5. The summed E-state index contributed by atoms with van der Waals surface area (Å²) in [5, 5.41) is 3.42. The lowest BCUT2D eigenvalue weighted by Gasteiger charge is -2.22. The number of halogens is 2. The van der Waals surface area contributed by atoms with E-state index in [2.05, 4.69) is 10.3 Å². The van der Waals surface area contributed by atoms with Gasteiger partial charge in [0.2, 0.25) is 5.91 Å². The number of fused-ring (bicyclic) bond motifs is 1. The second-order valence-corrected chi connectivity index (χ2v) is 6.88. The van der Waals surface area contributed by atoms with E-state index in [0.29, 0.717) is 0 Å². The molecule has 0 radical (unpaired) electrons. The van der Waals surface area contributed by atoms with E-state index >= 15 is 0 Å². The number of nitrogens with zero attached hydrogens (tertiary/aromatic N) is 2. The van der Waals surface area contributed by atoms with E-state index in [0.717, 1.165) is 33.4 Å². The van der Waals surface area contributed by atoms with Crippen molar-refractivity contribution < 1.29 is 13.6 Å². The van der Waals surface area contributed by atoms with Crippen LogP contribution in [0.15, 0.2) is 42.5 Å². The van der Waals surface area contributed by atoms with Gasteiger partial charge < -0.3 is 5.32 Å². The van der Waals surface area contributed by atoms with E-state index in [1.54, 1.807) is 11.3 Å². The number of thiazole rings is 1. The van der Waals surface area contributed by atoms with Gasteiger partial charge in [-0.1, -0.05) is 12.1 Å². The van der Waals surface area contributed by atoms with Crippen LogP contribution < -0.4 is 5.32 Å². The molecule has 0 saturated heterocycles. The number of likely N-dealkylation sites (N-methyl/N-ethyl adjacent to an activating group) is 1. The topological polar surface area (TPSA) is 45.2 Å². The second kappa shape index (κ2) is 7.25. The highest BCUT2D eigenvalue weighted by atomic mass is 32.1. The normalized spacial score (nSPS) is 12.5. The highest BCUT2D eigenvalue weighted by Gasteiger charge is 2.18. The van der Waals surface area contributed by atoms with Gasteiger partial charge in [-0.3, -0.25) is 9.69 Å². The molecule has 1 unspecified atom stereocenters. The van der Waals surface area contributed by atoms with Crippen LogP contribution in [0, 0.1) is 11.6 Å². The lowest BCUT2D eigenvalue weighted by Crippen LogP contribution is -2.32. The second-order valence-electron chi connectivity index (χ2n) is 5.82. The van der Waals surface area contributed by atoms with E-state index in [-0.39, 0.29) is 24.2 Å². The van der Waals surface area contributed by atoms with Crippen molar-refractivity contribution in [3.63, 3.8) is 0 Å². The fraction of sp³-hybridized carbons (Fsp3) is 0.222. The van der Waals surface area contributed by atoms with Gasteiger partial charge in [-0.05, 0) is 38.2 Å². The van der Waals surface area contributed by atoms with Crippen LogP contribution in [0.4, 0.5) is 14.5 Å². The molecule has 0 aliphatic carbocycles. The van der Waals surface area contributed by atoms with Crippen LogP contribution in [0.25, 0.3) is 10.2 Å². The Morgan fingerprint density at radius 2 is 1.92 bits per heavy atom. The number of aromatic nitrogens is 1. The van der Waals surface area contributed by atoms with Gasteiger partial charge in [-0.2, -0.15) is 0 Å². The molecule has 0 spiro atoms. The Balaban J connectivity index is 1.66. The maximum Gasteiger partial charge on any atom is 0.238 e. The van der Waals surface area contributed by atoms with Crippen molar-refractivity contribution >= 4 is 33.1 Å². The number of para-hydroxylation sites is 1. The van der Waals surface area contributed by atoms with Crippen LogP contribution in [0.2, 0.25) is 0 Å². The Hall–Kier alpha value is -2.38. The van der Waals surface area contributed by atoms with Gasteiger partial charge in [0, 0.05) is 11.8 Å². The maximum absolute atomic E-state index is 13.2. The molecule has 3 rings (SSSR count). The molecule has 130 valence electrons. The molecule has 25 heavy (non-hydrogen) atoms. The van der Waals surface area contributed by atoms with Crippen LogP contribution in [-0.2, 0) is 4.79 Å². The molecule has 3 aromatic rings. The number of carbonyl (C=O) groups excluding carboxylic acids is 1. The molecule has 4 nitrogen and oxygen atoms in total. The van der Waals surface area contributed by atoms with Gasteiger partial charge in [0.1, 0.15) is 16.6 Å². The molecular formula is C18H17F2N3OS. The van der Waals surface area contributed by atoms with Gasteiger partial charge >= 0.3 is 0 Å². The predicted octanol–water partition coefficient (Wildman–Crippen LogP) is 4.21. The Labute approximate surface area is 148 Å². The van der Waals surface area contributed by atoms with Crippen molar-refractivity contribution in [1.82, 2.24) is 9.88 Å². The predicted molar refractivity (Wildman–Crippen MR) is 95.7 cm³/mol. The molecule has 1 N–H and O–H groups in total. The van der Waals surface area contributed by atoms with Crippen LogP contribution in [0.5, 0.6) is 0 Å². The lowest BCUT2D eigenvalue weighted by molar-refractivity contribution is -0.117. The average Bonchev–Trinajstić information content (AvgIpc) is 2.96. The summed E-state index contributed by atoms with van der Waals surface area (Å²) in [5.74, 6) is -1.81. The summed E-state index contributed by atoms with van der Waals surface area (Å²) in [6.45, 7) is 2.04. The molecule has 1 heterocycles. The van der Waals surface area contributed by atoms with Crippen molar-refractivity contribution in [2.75, 3.05) is 18.9 Å². The fourth-order valence-electron chi connectivity index (χ4n) is 2.45. The zero-order valence-corrected chi connectivity index (χ0v) is 14.6. The van der Waals surface area contributed by atoms with E-state index in [9.17, 15) is 13.6 Å². The zero-order valence-electron chi connectivity index (χ0n) is 13.8. The number of rotatable bonds is 5. The highest BCUT2D eigenvalue weighted by molar-refractivity contribution is 7.18. The Morgan fingerprint density at radius 1 is 1.24 bits per heavy atom. The first-order valence-corrected chi connectivity index (χ1v) is 8.55. The molecule has 0 aliphatic rings. The number of hydrogen-bond donors (Lipinski definition) is 1. The van der Waals surface area contributed by atoms with Gasteiger partial charge in [-0.15, -0.1) is 11.3 Å². The Bertz CT molecular complexity index is 859. The quantitative estimate of drug-likeness (QED) is 0.741. The molecule has 1 amide bonds. The van der Waals surface area contributed by atoms with Gasteiger partial charge in [0.05, 0.1) is 22.8 Å². The van der Waals surface area contributed by atoms with Gasteiger partial charge in [0.15, 0.2) is 0 Å². The third kappa shape index (κ3) is 4.18. The molecule has 1 aromatic heterocycles. The first-order chi connectivity index (χ1) is 11.9. The summed E-state index contributed by atoms with van der Waals surface area (Å²) in [6, 6.07) is 10.7. The molecule has 7 heteroatoms. The molecule has 1 atom stereocenters. The van der Waals surface area contributed by atoms with Crippen molar-refractivity contribution in [2.24, 2.45) is 0 Å². The summed E-state index contributed by atoms with van der Waals surface area (Å²) >= 11 is 1.59. The van der Waals surface area contributed by atoms with E-state index in [1.165, 1.54) is 0 Å². The standard InChI is InChI=1S/C18H17F2N3OS/c1-11(18-22-15-5-3-4-6-16(15)25-18)23(2)10-17(24)21-14-8-12(19)7-13(20)9-14/h3-9,11H,10H2,1-2H3,(H,21,24). The number of carbonyl (C=O) groups is 1. The van der Waals surface area contributed by atoms with Crippen LogP contribution >= 0.6 is 11.3 Å². The molecule has 2 aromatic carbocycles. The Morgan fingerprint density at radius 3 is 2.60 bits per heavy atom. The third-order valence-corrected chi connectivity index (χ3v) is 5.07. The summed E-state index contributed by atoms with van der Waals surface area (Å²) in [6.07, 6.45) is 0. The van der Waals surface area contributed by atoms with Crippen molar-refractivity contribution in [1.29, 1.82) is 0 Å². The number of amides is 1. The van der Waals surface area contributed by atoms with E-state index in [4.69, 9.17) is 0 Å². The SMILES string of the molecule is CC(c1nc2ccccc2s1)N(C)CC(=O)Nc1cc(F)cc(F)c1. The third-order valence-electron chi connectivity index (χ3n) is 3.87. The minimum Gasteiger partial charge on any atom is -0.325 e. The van der Waals surface area contributed by atoms with E-state index in [1.807, 2.05) is 43.1 Å².